The Bertz CT molecular complexity index is 983. The van der Waals surface area contributed by atoms with Crippen molar-refractivity contribution < 1.29 is 17.6 Å². The van der Waals surface area contributed by atoms with E-state index >= 15 is 0 Å². The van der Waals surface area contributed by atoms with Gasteiger partial charge in [0.05, 0.1) is 10.6 Å². The molecular weight excluding hydrogens is 359 g/mol. The summed E-state index contributed by atoms with van der Waals surface area (Å²) in [5.41, 5.74) is 11.7. The molecule has 5 N–H and O–H groups in total. The second-order valence-electron chi connectivity index (χ2n) is 5.61. The summed E-state index contributed by atoms with van der Waals surface area (Å²) in [7, 11) is -3.69. The minimum atomic E-state index is -3.69. The molecule has 0 aromatic heterocycles. The maximum atomic E-state index is 13.4. The third-order valence-electron chi connectivity index (χ3n) is 3.55. The quantitative estimate of drug-likeness (QED) is 0.539. The number of aliphatic imine (C=N–C) groups is 1. The Hall–Kier alpha value is -2.94. The number of halogens is 1. The van der Waals surface area contributed by atoms with Gasteiger partial charge in [0.25, 0.3) is 5.91 Å². The highest BCUT2D eigenvalue weighted by atomic mass is 32.2. The number of benzene rings is 2. The summed E-state index contributed by atoms with van der Waals surface area (Å²) in [6.45, 7) is 1.80. The summed E-state index contributed by atoms with van der Waals surface area (Å²) in [4.78, 5) is 15.6. The van der Waals surface area contributed by atoms with Gasteiger partial charge >= 0.3 is 0 Å². The van der Waals surface area contributed by atoms with E-state index in [1.54, 1.807) is 13.0 Å². The average Bonchev–Trinajstić information content (AvgIpc) is 2.52. The van der Waals surface area contributed by atoms with Crippen LogP contribution >= 0.6 is 0 Å². The number of nitrogens with two attached hydrogens (primary N) is 2. The highest BCUT2D eigenvalue weighted by Crippen LogP contribution is 2.30. The number of aryl methyl sites for hydroxylation is 1. The maximum absolute atomic E-state index is 13.4. The Morgan fingerprint density at radius 3 is 2.46 bits per heavy atom. The molecule has 138 valence electrons. The molecule has 1 amide bonds. The van der Waals surface area contributed by atoms with Crippen LogP contribution in [0.3, 0.4) is 0 Å². The second-order valence-corrected chi connectivity index (χ2v) is 7.59. The van der Waals surface area contributed by atoms with Crippen LogP contribution in [0.25, 0.3) is 0 Å². The van der Waals surface area contributed by atoms with Crippen LogP contribution in [0.1, 0.15) is 22.8 Å². The lowest BCUT2D eigenvalue weighted by atomic mass is 10.0. The van der Waals surface area contributed by atoms with Crippen LogP contribution in [0.5, 0.6) is 0 Å². The van der Waals surface area contributed by atoms with Crippen molar-refractivity contribution in [3.8, 4) is 0 Å². The molecule has 0 saturated carbocycles. The lowest BCUT2D eigenvalue weighted by Crippen LogP contribution is -2.24. The summed E-state index contributed by atoms with van der Waals surface area (Å²) in [6.07, 6.45) is 1.45. The molecule has 2 aromatic carbocycles. The molecule has 0 fully saturated rings. The van der Waals surface area contributed by atoms with Gasteiger partial charge in [-0.25, -0.2) is 12.8 Å². The van der Waals surface area contributed by atoms with Crippen LogP contribution in [0.2, 0.25) is 0 Å². The van der Waals surface area contributed by atoms with Gasteiger partial charge < -0.3 is 16.8 Å². The molecule has 0 heterocycles. The number of guanidine groups is 1. The molecular formula is C17H19FN4O3S. The Kier molecular flexibility index (Phi) is 5.61. The van der Waals surface area contributed by atoms with Crippen molar-refractivity contribution in [3.05, 3.63) is 53.3 Å². The second kappa shape index (κ2) is 7.52. The summed E-state index contributed by atoms with van der Waals surface area (Å²) >= 11 is 0. The summed E-state index contributed by atoms with van der Waals surface area (Å²) in [6, 6.07) is 8.35. The number of anilines is 2. The van der Waals surface area contributed by atoms with Crippen LogP contribution in [-0.4, -0.2) is 26.5 Å². The summed E-state index contributed by atoms with van der Waals surface area (Å²) < 4.78 is 37.8. The molecule has 0 unspecified atom stereocenters. The molecule has 0 saturated heterocycles. The minimum absolute atomic E-state index is 0.0890. The van der Waals surface area contributed by atoms with Crippen molar-refractivity contribution >= 4 is 33.1 Å². The zero-order valence-electron chi connectivity index (χ0n) is 14.3. The predicted octanol–water partition coefficient (Wildman–Crippen LogP) is 1.95. The third-order valence-corrected chi connectivity index (χ3v) is 4.69. The largest absolute Gasteiger partial charge is 0.370 e. The molecule has 0 aliphatic heterocycles. The third kappa shape index (κ3) is 4.57. The lowest BCUT2D eigenvalue weighted by molar-refractivity contribution is 0.100. The fourth-order valence-corrected chi connectivity index (χ4v) is 3.26. The van der Waals surface area contributed by atoms with E-state index in [-0.39, 0.29) is 16.1 Å². The SMILES string of the molecule is CCc1cc(Nc2cccc(F)c2)c(S(C)(=O)=O)cc1C(=O)N=C(N)N. The van der Waals surface area contributed by atoms with E-state index in [1.807, 2.05) is 0 Å². The molecule has 26 heavy (non-hydrogen) atoms. The van der Waals surface area contributed by atoms with E-state index in [2.05, 4.69) is 10.3 Å². The number of carbonyl (C=O) groups excluding carboxylic acids is 1. The van der Waals surface area contributed by atoms with E-state index in [1.165, 1.54) is 30.3 Å². The van der Waals surface area contributed by atoms with Gasteiger partial charge in [-0.3, -0.25) is 4.79 Å². The molecule has 7 nitrogen and oxygen atoms in total. The minimum Gasteiger partial charge on any atom is -0.370 e. The zero-order valence-corrected chi connectivity index (χ0v) is 15.1. The molecule has 0 bridgehead atoms. The normalized spacial score (nSPS) is 11.0. The maximum Gasteiger partial charge on any atom is 0.280 e. The van der Waals surface area contributed by atoms with Gasteiger partial charge in [0.1, 0.15) is 5.82 Å². The first-order valence-electron chi connectivity index (χ1n) is 7.65. The van der Waals surface area contributed by atoms with Crippen LogP contribution in [0, 0.1) is 5.82 Å². The van der Waals surface area contributed by atoms with Crippen molar-refractivity contribution in [2.45, 2.75) is 18.2 Å². The van der Waals surface area contributed by atoms with Crippen molar-refractivity contribution in [2.75, 3.05) is 11.6 Å². The monoisotopic (exact) mass is 378 g/mol. The molecule has 2 rings (SSSR count). The zero-order chi connectivity index (χ0) is 19.5. The van der Waals surface area contributed by atoms with Crippen LogP contribution in [0.15, 0.2) is 46.3 Å². The number of rotatable bonds is 5. The number of carbonyl (C=O) groups is 1. The van der Waals surface area contributed by atoms with E-state index in [9.17, 15) is 17.6 Å². The van der Waals surface area contributed by atoms with Gasteiger partial charge in [-0.1, -0.05) is 13.0 Å². The average molecular weight is 378 g/mol. The number of sulfone groups is 1. The molecule has 0 radical (unpaired) electrons. The topological polar surface area (TPSA) is 128 Å². The van der Waals surface area contributed by atoms with E-state index < -0.39 is 27.5 Å². The van der Waals surface area contributed by atoms with Crippen molar-refractivity contribution in [1.29, 1.82) is 0 Å². The fourth-order valence-electron chi connectivity index (χ4n) is 2.42. The van der Waals surface area contributed by atoms with E-state index in [4.69, 9.17) is 11.5 Å². The fraction of sp³-hybridized carbons (Fsp3) is 0.176. The van der Waals surface area contributed by atoms with Gasteiger partial charge in [0.15, 0.2) is 15.8 Å². The van der Waals surface area contributed by atoms with Gasteiger partial charge in [-0.15, -0.1) is 0 Å². The van der Waals surface area contributed by atoms with E-state index in [0.29, 0.717) is 17.7 Å². The van der Waals surface area contributed by atoms with E-state index in [0.717, 1.165) is 6.26 Å². The highest BCUT2D eigenvalue weighted by Gasteiger charge is 2.20. The number of nitrogens with one attached hydrogen (secondary N) is 1. The lowest BCUT2D eigenvalue weighted by Gasteiger charge is -2.15. The predicted molar refractivity (Wildman–Crippen MR) is 98.8 cm³/mol. The van der Waals surface area contributed by atoms with Gasteiger partial charge in [0, 0.05) is 17.5 Å². The van der Waals surface area contributed by atoms with Gasteiger partial charge in [-0.05, 0) is 42.3 Å². The Morgan fingerprint density at radius 2 is 1.92 bits per heavy atom. The number of hydrogen-bond donors (Lipinski definition) is 3. The molecule has 2 aromatic rings. The number of nitrogens with zero attached hydrogens (tertiary/aromatic N) is 1. The molecule has 0 atom stereocenters. The summed E-state index contributed by atoms with van der Waals surface area (Å²) in [5.74, 6) is -1.62. The number of amides is 1. The van der Waals surface area contributed by atoms with Crippen molar-refractivity contribution in [1.82, 2.24) is 0 Å². The number of hydrogen-bond acceptors (Lipinski definition) is 4. The van der Waals surface area contributed by atoms with Gasteiger partial charge in [0.2, 0.25) is 0 Å². The van der Waals surface area contributed by atoms with Crippen LogP contribution in [-0.2, 0) is 16.3 Å². The van der Waals surface area contributed by atoms with Crippen LogP contribution < -0.4 is 16.8 Å². The first-order chi connectivity index (χ1) is 12.1. The van der Waals surface area contributed by atoms with Crippen LogP contribution in [0.4, 0.5) is 15.8 Å². The molecule has 0 spiro atoms. The first kappa shape index (κ1) is 19.4. The standard InChI is InChI=1S/C17H19FN4O3S/c1-3-10-7-14(21-12-6-4-5-11(18)8-12)15(26(2,24)25)9-13(10)16(23)22-17(19)20/h4-9,21H,3H2,1-2H3,(H4,19,20,22,23). The highest BCUT2D eigenvalue weighted by molar-refractivity contribution is 7.90. The molecule has 0 aliphatic carbocycles. The molecule has 0 aliphatic rings. The Balaban J connectivity index is 2.64. The van der Waals surface area contributed by atoms with Crippen molar-refractivity contribution in [2.24, 2.45) is 16.5 Å². The van der Waals surface area contributed by atoms with Crippen molar-refractivity contribution in [3.63, 3.8) is 0 Å². The molecule has 9 heteroatoms. The smallest absolute Gasteiger partial charge is 0.280 e. The summed E-state index contributed by atoms with van der Waals surface area (Å²) in [5, 5.41) is 2.89. The Morgan fingerprint density at radius 1 is 1.23 bits per heavy atom. The first-order valence-corrected chi connectivity index (χ1v) is 9.54. The Labute approximate surface area is 150 Å². The van der Waals surface area contributed by atoms with Gasteiger partial charge in [-0.2, -0.15) is 4.99 Å².